The highest BCUT2D eigenvalue weighted by atomic mass is 32.2. The van der Waals surface area contributed by atoms with Crippen LogP contribution in [0.3, 0.4) is 0 Å². The number of nitrogens with zero attached hydrogens (tertiary/aromatic N) is 3. The van der Waals surface area contributed by atoms with Crippen molar-refractivity contribution in [3.05, 3.63) is 66.4 Å². The fourth-order valence-electron chi connectivity index (χ4n) is 3.42. The average molecular weight is 405 g/mol. The summed E-state index contributed by atoms with van der Waals surface area (Å²) in [5.74, 6) is 0.209. The summed E-state index contributed by atoms with van der Waals surface area (Å²) >= 11 is 1.35. The minimum absolute atomic E-state index is 0.0599. The molecule has 0 radical (unpaired) electrons. The van der Waals surface area contributed by atoms with Crippen molar-refractivity contribution >= 4 is 29.0 Å². The van der Waals surface area contributed by atoms with Gasteiger partial charge in [-0.3, -0.25) is 4.79 Å². The van der Waals surface area contributed by atoms with Crippen LogP contribution < -0.4 is 10.2 Å². The van der Waals surface area contributed by atoms with Gasteiger partial charge in [-0.05, 0) is 50.1 Å². The summed E-state index contributed by atoms with van der Waals surface area (Å²) in [4.78, 5) is 23.8. The molecule has 2 aromatic carbocycles. The Morgan fingerprint density at radius 2 is 1.76 bits per heavy atom. The molecular weight excluding hydrogens is 380 g/mol. The molecule has 0 spiro atoms. The standard InChI is InChI=1S/C23H24N4OS/c1-17-15-21(18-7-3-2-4-8-18)26-23(24-17)29-16-22(28)25-19-9-11-20(12-10-19)27-13-5-6-14-27/h2-4,7-12,15H,5-6,13-14,16H2,1H3,(H,25,28). The first-order valence-electron chi connectivity index (χ1n) is 9.86. The second-order valence-electron chi connectivity index (χ2n) is 7.12. The number of nitrogens with one attached hydrogen (secondary N) is 1. The topological polar surface area (TPSA) is 58.1 Å². The molecule has 1 aromatic heterocycles. The number of thioether (sulfide) groups is 1. The van der Waals surface area contributed by atoms with Crippen molar-refractivity contribution in [1.29, 1.82) is 0 Å². The van der Waals surface area contributed by atoms with E-state index in [1.54, 1.807) is 0 Å². The van der Waals surface area contributed by atoms with Crippen molar-refractivity contribution in [2.24, 2.45) is 0 Å². The zero-order valence-electron chi connectivity index (χ0n) is 16.5. The summed E-state index contributed by atoms with van der Waals surface area (Å²) in [5, 5.41) is 3.57. The molecule has 0 bridgehead atoms. The lowest BCUT2D eigenvalue weighted by atomic mass is 10.1. The third-order valence-corrected chi connectivity index (χ3v) is 5.71. The maximum Gasteiger partial charge on any atom is 0.234 e. The molecule has 0 unspecified atom stereocenters. The first kappa shape index (κ1) is 19.5. The van der Waals surface area contributed by atoms with Crippen molar-refractivity contribution in [3.8, 4) is 11.3 Å². The molecule has 1 fully saturated rings. The number of carbonyl (C=O) groups is 1. The van der Waals surface area contributed by atoms with Crippen LogP contribution >= 0.6 is 11.8 Å². The number of aryl methyl sites for hydroxylation is 1. The number of carbonyl (C=O) groups excluding carboxylic acids is 1. The molecule has 148 valence electrons. The first-order valence-corrected chi connectivity index (χ1v) is 10.8. The van der Waals surface area contributed by atoms with Gasteiger partial charge in [-0.1, -0.05) is 42.1 Å². The maximum atomic E-state index is 12.4. The number of benzene rings is 2. The number of anilines is 2. The molecule has 4 rings (SSSR count). The molecule has 1 amide bonds. The Bertz CT molecular complexity index is 970. The fourth-order valence-corrected chi connectivity index (χ4v) is 4.12. The van der Waals surface area contributed by atoms with Crippen molar-refractivity contribution in [3.63, 3.8) is 0 Å². The normalized spacial score (nSPS) is 13.5. The van der Waals surface area contributed by atoms with Gasteiger partial charge < -0.3 is 10.2 Å². The maximum absolute atomic E-state index is 12.4. The molecule has 1 N–H and O–H groups in total. The van der Waals surface area contributed by atoms with Crippen molar-refractivity contribution in [1.82, 2.24) is 9.97 Å². The smallest absolute Gasteiger partial charge is 0.234 e. The van der Waals surface area contributed by atoms with Gasteiger partial charge in [0.1, 0.15) is 0 Å². The van der Waals surface area contributed by atoms with Crippen LogP contribution in [0.1, 0.15) is 18.5 Å². The third-order valence-electron chi connectivity index (χ3n) is 4.86. The van der Waals surface area contributed by atoms with E-state index < -0.39 is 0 Å². The quantitative estimate of drug-likeness (QED) is 0.473. The Hall–Kier alpha value is -2.86. The number of hydrogen-bond donors (Lipinski definition) is 1. The van der Waals surface area contributed by atoms with E-state index in [9.17, 15) is 4.79 Å². The highest BCUT2D eigenvalue weighted by Gasteiger charge is 2.12. The van der Waals surface area contributed by atoms with Crippen LogP contribution in [0, 0.1) is 6.92 Å². The van der Waals surface area contributed by atoms with Crippen LogP contribution in [0.25, 0.3) is 11.3 Å². The van der Waals surface area contributed by atoms with Crippen molar-refractivity contribution < 1.29 is 4.79 Å². The Morgan fingerprint density at radius 3 is 2.48 bits per heavy atom. The molecule has 0 saturated carbocycles. The molecule has 1 aliphatic rings. The van der Waals surface area contributed by atoms with Crippen LogP contribution in [-0.2, 0) is 4.79 Å². The molecule has 0 aliphatic carbocycles. The SMILES string of the molecule is Cc1cc(-c2ccccc2)nc(SCC(=O)Nc2ccc(N3CCCC3)cc2)n1. The number of rotatable bonds is 6. The highest BCUT2D eigenvalue weighted by molar-refractivity contribution is 7.99. The van der Waals surface area contributed by atoms with Gasteiger partial charge in [0.05, 0.1) is 11.4 Å². The zero-order valence-corrected chi connectivity index (χ0v) is 17.3. The average Bonchev–Trinajstić information content (AvgIpc) is 3.28. The van der Waals surface area contributed by atoms with Gasteiger partial charge in [-0.25, -0.2) is 9.97 Å². The van der Waals surface area contributed by atoms with Crippen molar-refractivity contribution in [2.75, 3.05) is 29.1 Å². The van der Waals surface area contributed by atoms with Gasteiger partial charge in [0.15, 0.2) is 5.16 Å². The molecule has 1 aliphatic heterocycles. The number of aromatic nitrogens is 2. The molecule has 1 saturated heterocycles. The highest BCUT2D eigenvalue weighted by Crippen LogP contribution is 2.23. The van der Waals surface area contributed by atoms with Crippen LogP contribution in [0.2, 0.25) is 0 Å². The fraction of sp³-hybridized carbons (Fsp3) is 0.261. The molecule has 5 nitrogen and oxygen atoms in total. The van der Waals surface area contributed by atoms with E-state index in [1.165, 1.54) is 30.3 Å². The Kier molecular flexibility index (Phi) is 6.10. The minimum atomic E-state index is -0.0599. The summed E-state index contributed by atoms with van der Waals surface area (Å²) in [6.45, 7) is 4.17. The van der Waals surface area contributed by atoms with E-state index in [0.29, 0.717) is 5.16 Å². The van der Waals surface area contributed by atoms with Gasteiger partial charge in [0, 0.05) is 35.7 Å². The third kappa shape index (κ3) is 5.15. The van der Waals surface area contributed by atoms with Crippen LogP contribution in [0.5, 0.6) is 0 Å². The van der Waals surface area contributed by atoms with Crippen LogP contribution in [-0.4, -0.2) is 34.7 Å². The first-order chi connectivity index (χ1) is 14.2. The van der Waals surface area contributed by atoms with Gasteiger partial charge in [-0.2, -0.15) is 0 Å². The van der Waals surface area contributed by atoms with Gasteiger partial charge >= 0.3 is 0 Å². The molecule has 3 aromatic rings. The molecule has 2 heterocycles. The predicted molar refractivity (Wildman–Crippen MR) is 119 cm³/mol. The van der Waals surface area contributed by atoms with Gasteiger partial charge in [0.25, 0.3) is 0 Å². The summed E-state index contributed by atoms with van der Waals surface area (Å²) in [5.41, 5.74) is 4.84. The Morgan fingerprint density at radius 1 is 1.03 bits per heavy atom. The second kappa shape index (κ2) is 9.09. The predicted octanol–water partition coefficient (Wildman–Crippen LogP) is 4.78. The van der Waals surface area contributed by atoms with E-state index in [1.807, 2.05) is 55.5 Å². The molecule has 0 atom stereocenters. The summed E-state index contributed by atoms with van der Waals surface area (Å²) < 4.78 is 0. The van der Waals surface area contributed by atoms with Crippen LogP contribution in [0.15, 0.2) is 65.8 Å². The van der Waals surface area contributed by atoms with E-state index >= 15 is 0 Å². The van der Waals surface area contributed by atoms with E-state index in [0.717, 1.165) is 35.7 Å². The molecule has 29 heavy (non-hydrogen) atoms. The monoisotopic (exact) mass is 404 g/mol. The number of amides is 1. The summed E-state index contributed by atoms with van der Waals surface area (Å²) in [7, 11) is 0. The lowest BCUT2D eigenvalue weighted by Gasteiger charge is -2.17. The van der Waals surface area contributed by atoms with E-state index in [-0.39, 0.29) is 11.7 Å². The summed E-state index contributed by atoms with van der Waals surface area (Å²) in [6, 6.07) is 20.0. The van der Waals surface area contributed by atoms with Crippen molar-refractivity contribution in [2.45, 2.75) is 24.9 Å². The van der Waals surface area contributed by atoms with Gasteiger partial charge in [-0.15, -0.1) is 0 Å². The lowest BCUT2D eigenvalue weighted by molar-refractivity contribution is -0.113. The zero-order chi connectivity index (χ0) is 20.1. The second-order valence-corrected chi connectivity index (χ2v) is 8.06. The lowest BCUT2D eigenvalue weighted by Crippen LogP contribution is -2.18. The number of hydrogen-bond acceptors (Lipinski definition) is 5. The molecule has 6 heteroatoms. The summed E-state index contributed by atoms with van der Waals surface area (Å²) in [6.07, 6.45) is 2.51. The Labute approximate surface area is 175 Å². The largest absolute Gasteiger partial charge is 0.372 e. The Balaban J connectivity index is 1.35. The van der Waals surface area contributed by atoms with Gasteiger partial charge in [0.2, 0.25) is 5.91 Å². The van der Waals surface area contributed by atoms with E-state index in [4.69, 9.17) is 0 Å². The van der Waals surface area contributed by atoms with Crippen LogP contribution in [0.4, 0.5) is 11.4 Å². The minimum Gasteiger partial charge on any atom is -0.372 e. The molecular formula is C23H24N4OS. The van der Waals surface area contributed by atoms with E-state index in [2.05, 4.69) is 32.3 Å².